The average molecular weight is 252 g/mol. The number of rotatable bonds is 4. The molecule has 0 bridgehead atoms. The summed E-state index contributed by atoms with van der Waals surface area (Å²) in [6.45, 7) is 2.15. The van der Waals surface area contributed by atoms with Crippen LogP contribution in [-0.2, 0) is 6.42 Å². The van der Waals surface area contributed by atoms with Gasteiger partial charge in [-0.3, -0.25) is 0 Å². The van der Waals surface area contributed by atoms with E-state index in [9.17, 15) is 0 Å². The van der Waals surface area contributed by atoms with Gasteiger partial charge in [0.1, 0.15) is 5.75 Å². The van der Waals surface area contributed by atoms with Crippen LogP contribution < -0.4 is 10.5 Å². The van der Waals surface area contributed by atoms with Gasteiger partial charge >= 0.3 is 0 Å². The Morgan fingerprint density at radius 1 is 1.16 bits per heavy atom. The molecule has 2 aromatic rings. The predicted octanol–water partition coefficient (Wildman–Crippen LogP) is 3.89. The summed E-state index contributed by atoms with van der Waals surface area (Å²) < 4.78 is 5.71. The van der Waals surface area contributed by atoms with Crippen LogP contribution in [0.25, 0.3) is 0 Å². The lowest BCUT2D eigenvalue weighted by Gasteiger charge is -2.09. The van der Waals surface area contributed by atoms with Crippen molar-refractivity contribution in [3.05, 3.63) is 53.6 Å². The Hall–Kier alpha value is -2.47. The second-order valence-corrected chi connectivity index (χ2v) is 4.36. The van der Waals surface area contributed by atoms with Gasteiger partial charge < -0.3 is 10.5 Å². The number of ether oxygens (including phenoxy) is 1. The van der Waals surface area contributed by atoms with Gasteiger partial charge in [0.15, 0.2) is 5.75 Å². The van der Waals surface area contributed by atoms with Gasteiger partial charge in [0, 0.05) is 6.07 Å². The maximum Gasteiger partial charge on any atom is 0.151 e. The average Bonchev–Trinajstić information content (AvgIpc) is 2.44. The van der Waals surface area contributed by atoms with Crippen molar-refractivity contribution in [2.24, 2.45) is 0 Å². The van der Waals surface area contributed by atoms with E-state index in [0.29, 0.717) is 17.0 Å². The summed E-state index contributed by atoms with van der Waals surface area (Å²) in [5, 5.41) is 8.87. The minimum Gasteiger partial charge on any atom is -0.455 e. The number of aryl methyl sites for hydroxylation is 1. The number of nitrogen functional groups attached to an aromatic ring is 1. The molecule has 0 aliphatic rings. The van der Waals surface area contributed by atoms with Crippen molar-refractivity contribution >= 4 is 5.69 Å². The molecule has 0 heterocycles. The van der Waals surface area contributed by atoms with Crippen molar-refractivity contribution in [3.63, 3.8) is 0 Å². The highest BCUT2D eigenvalue weighted by Gasteiger charge is 2.04. The first-order chi connectivity index (χ1) is 9.22. The lowest BCUT2D eigenvalue weighted by atomic mass is 10.1. The lowest BCUT2D eigenvalue weighted by Crippen LogP contribution is -1.93. The van der Waals surface area contributed by atoms with E-state index in [2.05, 4.69) is 13.0 Å². The molecule has 19 heavy (non-hydrogen) atoms. The zero-order valence-electron chi connectivity index (χ0n) is 10.9. The molecular weight excluding hydrogens is 236 g/mol. The molecular formula is C16H16N2O. The van der Waals surface area contributed by atoms with Gasteiger partial charge in [-0.2, -0.15) is 5.26 Å². The fraction of sp³-hybridized carbons (Fsp3) is 0.188. The summed E-state index contributed by atoms with van der Waals surface area (Å²) in [5.41, 5.74) is 8.18. The maximum absolute atomic E-state index is 8.87. The van der Waals surface area contributed by atoms with Gasteiger partial charge in [-0.15, -0.1) is 0 Å². The van der Waals surface area contributed by atoms with Crippen molar-refractivity contribution < 1.29 is 4.74 Å². The van der Waals surface area contributed by atoms with Gasteiger partial charge in [0.05, 0.1) is 17.3 Å². The number of hydrogen-bond acceptors (Lipinski definition) is 3. The van der Waals surface area contributed by atoms with E-state index < -0.39 is 0 Å². The quantitative estimate of drug-likeness (QED) is 0.840. The van der Waals surface area contributed by atoms with Crippen LogP contribution in [0, 0.1) is 11.3 Å². The Bertz CT molecular complexity index is 597. The molecule has 3 nitrogen and oxygen atoms in total. The van der Waals surface area contributed by atoms with Crippen LogP contribution in [0.3, 0.4) is 0 Å². The normalized spacial score (nSPS) is 9.89. The van der Waals surface area contributed by atoms with E-state index in [1.807, 2.05) is 24.3 Å². The number of benzene rings is 2. The van der Waals surface area contributed by atoms with E-state index in [4.69, 9.17) is 15.7 Å². The molecule has 0 aromatic heterocycles. The summed E-state index contributed by atoms with van der Waals surface area (Å²) in [6, 6.07) is 15.0. The summed E-state index contributed by atoms with van der Waals surface area (Å²) in [5.74, 6) is 1.24. The predicted molar refractivity (Wildman–Crippen MR) is 76.1 cm³/mol. The molecule has 0 spiro atoms. The number of anilines is 1. The zero-order chi connectivity index (χ0) is 13.7. The fourth-order valence-electron chi connectivity index (χ4n) is 1.83. The molecule has 0 amide bonds. The monoisotopic (exact) mass is 252 g/mol. The minimum atomic E-state index is 0.516. The van der Waals surface area contributed by atoms with Crippen LogP contribution in [0.1, 0.15) is 24.5 Å². The number of nitriles is 1. The van der Waals surface area contributed by atoms with Gasteiger partial charge in [0.2, 0.25) is 0 Å². The molecule has 96 valence electrons. The summed E-state index contributed by atoms with van der Waals surface area (Å²) in [6.07, 6.45) is 2.18. The number of nitrogens with two attached hydrogens (primary N) is 1. The molecule has 0 saturated carbocycles. The molecule has 3 heteroatoms. The highest BCUT2D eigenvalue weighted by atomic mass is 16.5. The number of nitrogens with zero attached hydrogens (tertiary/aromatic N) is 1. The molecule has 2 rings (SSSR count). The smallest absolute Gasteiger partial charge is 0.151 e. The Morgan fingerprint density at radius 3 is 2.53 bits per heavy atom. The highest BCUT2D eigenvalue weighted by Crippen LogP contribution is 2.28. The summed E-state index contributed by atoms with van der Waals surface area (Å²) in [7, 11) is 0. The van der Waals surface area contributed by atoms with Gasteiger partial charge in [-0.05, 0) is 36.2 Å². The van der Waals surface area contributed by atoms with Crippen LogP contribution in [0.15, 0.2) is 42.5 Å². The van der Waals surface area contributed by atoms with Crippen molar-refractivity contribution in [1.29, 1.82) is 5.26 Å². The first kappa shape index (κ1) is 13.0. The molecule has 2 N–H and O–H groups in total. The van der Waals surface area contributed by atoms with Gasteiger partial charge in [-0.1, -0.05) is 25.5 Å². The molecule has 0 atom stereocenters. The Balaban J connectivity index is 2.19. The Kier molecular flexibility index (Phi) is 4.04. The third-order valence-corrected chi connectivity index (χ3v) is 2.83. The van der Waals surface area contributed by atoms with E-state index in [1.54, 1.807) is 18.2 Å². The molecule has 0 radical (unpaired) electrons. The third-order valence-electron chi connectivity index (χ3n) is 2.83. The lowest BCUT2D eigenvalue weighted by molar-refractivity contribution is 0.484. The van der Waals surface area contributed by atoms with Crippen LogP contribution in [0.5, 0.6) is 11.5 Å². The van der Waals surface area contributed by atoms with E-state index >= 15 is 0 Å². The fourth-order valence-corrected chi connectivity index (χ4v) is 1.83. The first-order valence-corrected chi connectivity index (χ1v) is 6.29. The maximum atomic E-state index is 8.87. The third kappa shape index (κ3) is 3.26. The van der Waals surface area contributed by atoms with Crippen molar-refractivity contribution in [3.8, 4) is 17.6 Å². The molecule has 0 fully saturated rings. The van der Waals surface area contributed by atoms with E-state index in [-0.39, 0.29) is 0 Å². The van der Waals surface area contributed by atoms with Crippen LogP contribution in [0.4, 0.5) is 5.69 Å². The minimum absolute atomic E-state index is 0.516. The van der Waals surface area contributed by atoms with E-state index in [1.165, 1.54) is 5.56 Å². The zero-order valence-corrected chi connectivity index (χ0v) is 10.9. The van der Waals surface area contributed by atoms with Crippen LogP contribution >= 0.6 is 0 Å². The largest absolute Gasteiger partial charge is 0.455 e. The Morgan fingerprint density at radius 2 is 1.89 bits per heavy atom. The first-order valence-electron chi connectivity index (χ1n) is 6.29. The van der Waals surface area contributed by atoms with Gasteiger partial charge in [-0.25, -0.2) is 0 Å². The molecule has 0 saturated heterocycles. The molecule has 0 aliphatic heterocycles. The molecule has 0 aliphatic carbocycles. The molecule has 2 aromatic carbocycles. The SMILES string of the molecule is CCCc1ccc(Oc2cc(C#N)ccc2N)cc1. The van der Waals surface area contributed by atoms with Crippen LogP contribution in [-0.4, -0.2) is 0 Å². The standard InChI is InChI=1S/C16H16N2O/c1-2-3-12-4-7-14(8-5-12)19-16-10-13(11-17)6-9-15(16)18/h4-10H,2-3,18H2,1H3. The van der Waals surface area contributed by atoms with Crippen LogP contribution in [0.2, 0.25) is 0 Å². The van der Waals surface area contributed by atoms with E-state index in [0.717, 1.165) is 18.6 Å². The Labute approximate surface area is 113 Å². The van der Waals surface area contributed by atoms with Crippen molar-refractivity contribution in [2.45, 2.75) is 19.8 Å². The van der Waals surface area contributed by atoms with Crippen molar-refractivity contribution in [1.82, 2.24) is 0 Å². The topological polar surface area (TPSA) is 59.0 Å². The highest BCUT2D eigenvalue weighted by molar-refractivity contribution is 5.57. The summed E-state index contributed by atoms with van der Waals surface area (Å²) >= 11 is 0. The summed E-state index contributed by atoms with van der Waals surface area (Å²) in [4.78, 5) is 0. The second kappa shape index (κ2) is 5.92. The van der Waals surface area contributed by atoms with Gasteiger partial charge in [0.25, 0.3) is 0 Å². The number of hydrogen-bond donors (Lipinski definition) is 1. The molecule has 0 unspecified atom stereocenters. The van der Waals surface area contributed by atoms with Crippen molar-refractivity contribution in [2.75, 3.05) is 5.73 Å². The second-order valence-electron chi connectivity index (χ2n) is 4.36.